The maximum absolute atomic E-state index is 4.82. The van der Waals surface area contributed by atoms with Crippen molar-refractivity contribution in [3.63, 3.8) is 0 Å². The Morgan fingerprint density at radius 1 is 1.29 bits per heavy atom. The van der Waals surface area contributed by atoms with Crippen LogP contribution in [0, 0.1) is 0 Å². The highest BCUT2D eigenvalue weighted by atomic mass is 15.1. The lowest BCUT2D eigenvalue weighted by atomic mass is 9.98. The second kappa shape index (κ2) is 6.44. The van der Waals surface area contributed by atoms with Crippen molar-refractivity contribution in [3.05, 3.63) is 53.1 Å². The summed E-state index contributed by atoms with van der Waals surface area (Å²) in [7, 11) is 0. The zero-order valence-electron chi connectivity index (χ0n) is 13.1. The normalized spacial score (nSPS) is 15.7. The van der Waals surface area contributed by atoms with E-state index in [0.29, 0.717) is 5.92 Å². The molecule has 0 saturated heterocycles. The van der Waals surface area contributed by atoms with Gasteiger partial charge in [-0.15, -0.1) is 0 Å². The number of nitrogens with one attached hydrogen (secondary N) is 1. The summed E-state index contributed by atoms with van der Waals surface area (Å²) in [6.07, 6.45) is 3.31. The van der Waals surface area contributed by atoms with E-state index >= 15 is 0 Å². The van der Waals surface area contributed by atoms with Crippen LogP contribution in [0.5, 0.6) is 0 Å². The quantitative estimate of drug-likeness (QED) is 0.912. The van der Waals surface area contributed by atoms with E-state index in [9.17, 15) is 0 Å². The van der Waals surface area contributed by atoms with E-state index in [2.05, 4.69) is 54.1 Å². The first-order chi connectivity index (χ1) is 10.3. The summed E-state index contributed by atoms with van der Waals surface area (Å²) >= 11 is 0. The van der Waals surface area contributed by atoms with E-state index in [1.807, 2.05) is 0 Å². The number of imidazole rings is 1. The minimum atomic E-state index is 0.593. The van der Waals surface area contributed by atoms with E-state index in [4.69, 9.17) is 4.98 Å². The molecule has 0 bridgehead atoms. The van der Waals surface area contributed by atoms with Gasteiger partial charge >= 0.3 is 0 Å². The van der Waals surface area contributed by atoms with Crippen LogP contribution in [0.2, 0.25) is 0 Å². The van der Waals surface area contributed by atoms with Crippen LogP contribution >= 0.6 is 0 Å². The highest BCUT2D eigenvalue weighted by Gasteiger charge is 2.19. The molecule has 3 heteroatoms. The Balaban J connectivity index is 1.74. The summed E-state index contributed by atoms with van der Waals surface area (Å²) in [6, 6.07) is 10.8. The van der Waals surface area contributed by atoms with Crippen molar-refractivity contribution in [1.82, 2.24) is 14.9 Å². The van der Waals surface area contributed by atoms with Gasteiger partial charge in [0.15, 0.2) is 0 Å². The fourth-order valence-electron chi connectivity index (χ4n) is 3.23. The van der Waals surface area contributed by atoms with Gasteiger partial charge in [0.25, 0.3) is 0 Å². The lowest BCUT2D eigenvalue weighted by Crippen LogP contribution is -2.25. The van der Waals surface area contributed by atoms with Gasteiger partial charge in [-0.3, -0.25) is 0 Å². The van der Waals surface area contributed by atoms with Crippen molar-refractivity contribution in [2.24, 2.45) is 0 Å². The first kappa shape index (κ1) is 14.3. The fraction of sp³-hybridized carbons (Fsp3) is 0.500. The molecule has 1 aliphatic heterocycles. The fourth-order valence-corrected chi connectivity index (χ4v) is 3.23. The maximum atomic E-state index is 4.82. The Bertz CT molecular complexity index is 586. The van der Waals surface area contributed by atoms with E-state index in [-0.39, 0.29) is 0 Å². The van der Waals surface area contributed by atoms with Crippen molar-refractivity contribution in [2.45, 2.75) is 52.1 Å². The smallest absolute Gasteiger partial charge is 0.108 e. The molecule has 112 valence electrons. The maximum Gasteiger partial charge on any atom is 0.108 e. The summed E-state index contributed by atoms with van der Waals surface area (Å²) in [5, 5.41) is 3.42. The van der Waals surface area contributed by atoms with Gasteiger partial charge < -0.3 is 9.88 Å². The Hall–Kier alpha value is -1.61. The summed E-state index contributed by atoms with van der Waals surface area (Å²) in [5.74, 6) is 1.85. The van der Waals surface area contributed by atoms with Gasteiger partial charge in [-0.2, -0.15) is 0 Å². The monoisotopic (exact) mass is 283 g/mol. The van der Waals surface area contributed by atoms with Crippen molar-refractivity contribution in [1.29, 1.82) is 0 Å². The lowest BCUT2D eigenvalue weighted by molar-refractivity contribution is 0.529. The molecule has 1 aliphatic rings. The minimum absolute atomic E-state index is 0.593. The summed E-state index contributed by atoms with van der Waals surface area (Å²) < 4.78 is 2.48. The van der Waals surface area contributed by atoms with Gasteiger partial charge in [-0.1, -0.05) is 44.2 Å². The lowest BCUT2D eigenvalue weighted by Gasteiger charge is -2.18. The first-order valence-electron chi connectivity index (χ1n) is 8.12. The molecule has 3 nitrogen and oxygen atoms in total. The minimum Gasteiger partial charge on any atom is -0.332 e. The van der Waals surface area contributed by atoms with Crippen LogP contribution in [0.3, 0.4) is 0 Å². The number of hydrogen-bond acceptors (Lipinski definition) is 2. The average molecular weight is 283 g/mol. The molecule has 0 aliphatic carbocycles. The Morgan fingerprint density at radius 3 is 2.86 bits per heavy atom. The number of aryl methyl sites for hydroxylation is 1. The number of hydrogen-bond donors (Lipinski definition) is 1. The molecule has 2 aromatic rings. The van der Waals surface area contributed by atoms with E-state index in [1.165, 1.54) is 29.2 Å². The second-order valence-corrected chi connectivity index (χ2v) is 5.95. The van der Waals surface area contributed by atoms with Gasteiger partial charge in [0.05, 0.1) is 5.69 Å². The Kier molecular flexibility index (Phi) is 4.39. The SMILES string of the molecule is CCc1nc2c(n1CCC(C)c1ccccc1)CCNC2. The number of aromatic nitrogens is 2. The molecule has 2 heterocycles. The van der Waals surface area contributed by atoms with Gasteiger partial charge in [-0.05, 0) is 17.9 Å². The van der Waals surface area contributed by atoms with Gasteiger partial charge in [0.1, 0.15) is 5.82 Å². The van der Waals surface area contributed by atoms with Crippen LogP contribution in [0.15, 0.2) is 30.3 Å². The van der Waals surface area contributed by atoms with Crippen LogP contribution in [-0.4, -0.2) is 16.1 Å². The van der Waals surface area contributed by atoms with Crippen LogP contribution in [0.25, 0.3) is 0 Å². The zero-order chi connectivity index (χ0) is 14.7. The molecule has 0 radical (unpaired) electrons. The van der Waals surface area contributed by atoms with Crippen LogP contribution in [-0.2, 0) is 25.9 Å². The van der Waals surface area contributed by atoms with Gasteiger partial charge in [0, 0.05) is 38.2 Å². The molecule has 1 atom stereocenters. The predicted molar refractivity (Wildman–Crippen MR) is 86.5 cm³/mol. The zero-order valence-corrected chi connectivity index (χ0v) is 13.1. The molecular formula is C18H25N3. The summed E-state index contributed by atoms with van der Waals surface area (Å²) in [6.45, 7) is 7.63. The van der Waals surface area contributed by atoms with E-state index < -0.39 is 0 Å². The number of rotatable bonds is 5. The highest BCUT2D eigenvalue weighted by molar-refractivity contribution is 5.21. The predicted octanol–water partition coefficient (Wildman–Crippen LogP) is 3.29. The molecule has 0 fully saturated rings. The van der Waals surface area contributed by atoms with Crippen molar-refractivity contribution in [3.8, 4) is 0 Å². The second-order valence-electron chi connectivity index (χ2n) is 5.95. The largest absolute Gasteiger partial charge is 0.332 e. The molecule has 0 spiro atoms. The summed E-state index contributed by atoms with van der Waals surface area (Å²) in [4.78, 5) is 4.82. The average Bonchev–Trinajstić information content (AvgIpc) is 2.91. The third kappa shape index (κ3) is 3.03. The molecule has 1 aromatic carbocycles. The molecule has 3 rings (SSSR count). The number of nitrogens with zero attached hydrogens (tertiary/aromatic N) is 2. The third-order valence-electron chi connectivity index (χ3n) is 4.54. The molecule has 21 heavy (non-hydrogen) atoms. The molecule has 0 saturated carbocycles. The Morgan fingerprint density at radius 2 is 2.10 bits per heavy atom. The van der Waals surface area contributed by atoms with E-state index in [0.717, 1.165) is 32.5 Å². The van der Waals surface area contributed by atoms with Crippen LogP contribution in [0.4, 0.5) is 0 Å². The topological polar surface area (TPSA) is 29.9 Å². The van der Waals surface area contributed by atoms with Crippen LogP contribution in [0.1, 0.15) is 49.0 Å². The van der Waals surface area contributed by atoms with Crippen LogP contribution < -0.4 is 5.32 Å². The molecule has 1 unspecified atom stereocenters. The molecule has 1 aromatic heterocycles. The number of benzene rings is 1. The standard InChI is InChI=1S/C18H25N3/c1-3-18-20-16-13-19-11-9-17(16)21(18)12-10-14(2)15-7-5-4-6-8-15/h4-8,14,19H,3,9-13H2,1-2H3. The molecule has 1 N–H and O–H groups in total. The first-order valence-corrected chi connectivity index (χ1v) is 8.12. The van der Waals surface area contributed by atoms with Crippen molar-refractivity contribution in [2.75, 3.05) is 6.54 Å². The Labute approximate surface area is 127 Å². The number of fused-ring (bicyclic) bond motifs is 1. The molecular weight excluding hydrogens is 258 g/mol. The molecule has 0 amide bonds. The van der Waals surface area contributed by atoms with Crippen molar-refractivity contribution < 1.29 is 0 Å². The van der Waals surface area contributed by atoms with Gasteiger partial charge in [0.2, 0.25) is 0 Å². The third-order valence-corrected chi connectivity index (χ3v) is 4.54. The summed E-state index contributed by atoms with van der Waals surface area (Å²) in [5.41, 5.74) is 4.17. The highest BCUT2D eigenvalue weighted by Crippen LogP contribution is 2.22. The van der Waals surface area contributed by atoms with E-state index in [1.54, 1.807) is 0 Å². The van der Waals surface area contributed by atoms with Crippen molar-refractivity contribution >= 4 is 0 Å². The van der Waals surface area contributed by atoms with Gasteiger partial charge in [-0.25, -0.2) is 4.98 Å².